The van der Waals surface area contributed by atoms with Crippen molar-refractivity contribution in [2.75, 3.05) is 17.2 Å². The summed E-state index contributed by atoms with van der Waals surface area (Å²) in [6.07, 6.45) is 0. The van der Waals surface area contributed by atoms with Crippen molar-refractivity contribution in [1.29, 1.82) is 0 Å². The molecule has 0 saturated carbocycles. The number of hydrogen-bond donors (Lipinski definition) is 2. The minimum Gasteiger partial charge on any atom is -0.376 e. The molecule has 0 spiro atoms. The van der Waals surface area contributed by atoms with E-state index in [-0.39, 0.29) is 12.5 Å². The zero-order valence-electron chi connectivity index (χ0n) is 14.5. The van der Waals surface area contributed by atoms with Crippen LogP contribution in [0.1, 0.15) is 11.1 Å². The SMILES string of the molecule is Cc1ccc(NCC(=O)Nc2ccccc2-c2ccccc2)cc1C. The first kappa shape index (κ1) is 16.8. The second-order valence-electron chi connectivity index (χ2n) is 6.11. The summed E-state index contributed by atoms with van der Waals surface area (Å²) in [5.41, 5.74) is 6.32. The molecule has 0 heterocycles. The molecule has 3 aromatic rings. The van der Waals surface area contributed by atoms with Gasteiger partial charge in [-0.05, 0) is 48.7 Å². The molecule has 0 atom stereocenters. The molecule has 0 aliphatic rings. The van der Waals surface area contributed by atoms with Crippen LogP contribution in [-0.2, 0) is 4.79 Å². The number of rotatable bonds is 5. The Balaban J connectivity index is 1.68. The highest BCUT2D eigenvalue weighted by Gasteiger charge is 2.08. The molecule has 3 aromatic carbocycles. The summed E-state index contributed by atoms with van der Waals surface area (Å²) >= 11 is 0. The molecule has 3 nitrogen and oxygen atoms in total. The molecule has 1 amide bonds. The average Bonchev–Trinajstić information content (AvgIpc) is 2.64. The lowest BCUT2D eigenvalue weighted by Crippen LogP contribution is -2.22. The van der Waals surface area contributed by atoms with Crippen LogP contribution in [0, 0.1) is 13.8 Å². The number of benzene rings is 3. The lowest BCUT2D eigenvalue weighted by molar-refractivity contribution is -0.114. The fraction of sp³-hybridized carbons (Fsp3) is 0.136. The van der Waals surface area contributed by atoms with Gasteiger partial charge in [-0.3, -0.25) is 4.79 Å². The normalized spacial score (nSPS) is 10.3. The van der Waals surface area contributed by atoms with E-state index in [4.69, 9.17) is 0 Å². The molecule has 0 unspecified atom stereocenters. The molecule has 25 heavy (non-hydrogen) atoms. The van der Waals surface area contributed by atoms with Crippen LogP contribution in [0.3, 0.4) is 0 Å². The van der Waals surface area contributed by atoms with Crippen LogP contribution in [0.4, 0.5) is 11.4 Å². The van der Waals surface area contributed by atoms with E-state index < -0.39 is 0 Å². The van der Waals surface area contributed by atoms with Crippen LogP contribution < -0.4 is 10.6 Å². The number of nitrogens with one attached hydrogen (secondary N) is 2. The Labute approximate surface area is 148 Å². The monoisotopic (exact) mass is 330 g/mol. The number of para-hydroxylation sites is 1. The second-order valence-corrected chi connectivity index (χ2v) is 6.11. The first-order valence-electron chi connectivity index (χ1n) is 8.39. The highest BCUT2D eigenvalue weighted by atomic mass is 16.1. The molecule has 2 N–H and O–H groups in total. The third-order valence-corrected chi connectivity index (χ3v) is 4.25. The third kappa shape index (κ3) is 4.27. The lowest BCUT2D eigenvalue weighted by atomic mass is 10.0. The molecule has 0 saturated heterocycles. The molecule has 0 aromatic heterocycles. The predicted octanol–water partition coefficient (Wildman–Crippen LogP) is 5.02. The van der Waals surface area contributed by atoms with Gasteiger partial charge in [0, 0.05) is 16.9 Å². The summed E-state index contributed by atoms with van der Waals surface area (Å²) in [5.74, 6) is -0.0680. The van der Waals surface area contributed by atoms with Crippen molar-refractivity contribution in [3.63, 3.8) is 0 Å². The maximum absolute atomic E-state index is 12.3. The van der Waals surface area contributed by atoms with E-state index >= 15 is 0 Å². The van der Waals surface area contributed by atoms with E-state index in [0.29, 0.717) is 0 Å². The number of amides is 1. The van der Waals surface area contributed by atoms with Crippen molar-refractivity contribution < 1.29 is 4.79 Å². The zero-order valence-corrected chi connectivity index (χ0v) is 14.5. The van der Waals surface area contributed by atoms with Gasteiger partial charge in [0.05, 0.1) is 6.54 Å². The van der Waals surface area contributed by atoms with Crippen molar-refractivity contribution in [2.24, 2.45) is 0 Å². The van der Waals surface area contributed by atoms with Crippen LogP contribution in [0.5, 0.6) is 0 Å². The van der Waals surface area contributed by atoms with Gasteiger partial charge in [0.2, 0.25) is 5.91 Å². The van der Waals surface area contributed by atoms with E-state index in [2.05, 4.69) is 36.6 Å². The zero-order chi connectivity index (χ0) is 17.6. The van der Waals surface area contributed by atoms with E-state index in [0.717, 1.165) is 22.5 Å². The number of carbonyl (C=O) groups excluding carboxylic acids is 1. The highest BCUT2D eigenvalue weighted by Crippen LogP contribution is 2.27. The molecular weight excluding hydrogens is 308 g/mol. The van der Waals surface area contributed by atoms with Gasteiger partial charge in [0.1, 0.15) is 0 Å². The van der Waals surface area contributed by atoms with Gasteiger partial charge in [-0.25, -0.2) is 0 Å². The maximum atomic E-state index is 12.3. The molecule has 3 rings (SSSR count). The van der Waals surface area contributed by atoms with Crippen LogP contribution in [0.2, 0.25) is 0 Å². The molecule has 3 heteroatoms. The Morgan fingerprint density at radius 2 is 1.56 bits per heavy atom. The summed E-state index contributed by atoms with van der Waals surface area (Å²) in [6, 6.07) is 24.0. The van der Waals surface area contributed by atoms with Crippen molar-refractivity contribution >= 4 is 17.3 Å². The maximum Gasteiger partial charge on any atom is 0.243 e. The Hall–Kier alpha value is -3.07. The van der Waals surface area contributed by atoms with Crippen LogP contribution >= 0.6 is 0 Å². The van der Waals surface area contributed by atoms with E-state index in [1.165, 1.54) is 11.1 Å². The number of carbonyl (C=O) groups is 1. The Morgan fingerprint density at radius 1 is 0.840 bits per heavy atom. The molecule has 0 aliphatic heterocycles. The van der Waals surface area contributed by atoms with Gasteiger partial charge in [0.25, 0.3) is 0 Å². The van der Waals surface area contributed by atoms with Crippen molar-refractivity contribution in [3.05, 3.63) is 83.9 Å². The van der Waals surface area contributed by atoms with Gasteiger partial charge in [-0.1, -0.05) is 54.6 Å². The largest absolute Gasteiger partial charge is 0.376 e. The van der Waals surface area contributed by atoms with Gasteiger partial charge in [-0.2, -0.15) is 0 Å². The topological polar surface area (TPSA) is 41.1 Å². The van der Waals surface area contributed by atoms with Crippen molar-refractivity contribution in [3.8, 4) is 11.1 Å². The Morgan fingerprint density at radius 3 is 2.32 bits per heavy atom. The van der Waals surface area contributed by atoms with Gasteiger partial charge in [0.15, 0.2) is 0 Å². The summed E-state index contributed by atoms with van der Waals surface area (Å²) in [5, 5.41) is 6.18. The number of aryl methyl sites for hydroxylation is 2. The lowest BCUT2D eigenvalue weighted by Gasteiger charge is -2.12. The van der Waals surface area contributed by atoms with Crippen LogP contribution in [-0.4, -0.2) is 12.5 Å². The minimum absolute atomic E-state index is 0.0680. The molecule has 0 aliphatic carbocycles. The molecule has 0 bridgehead atoms. The van der Waals surface area contributed by atoms with Gasteiger partial charge < -0.3 is 10.6 Å². The quantitative estimate of drug-likeness (QED) is 0.689. The molecule has 126 valence electrons. The van der Waals surface area contributed by atoms with E-state index in [9.17, 15) is 4.79 Å². The highest BCUT2D eigenvalue weighted by molar-refractivity contribution is 5.97. The molecule has 0 radical (unpaired) electrons. The fourth-order valence-electron chi connectivity index (χ4n) is 2.69. The van der Waals surface area contributed by atoms with E-state index in [1.807, 2.05) is 60.7 Å². The Bertz CT molecular complexity index is 872. The summed E-state index contributed by atoms with van der Waals surface area (Å²) in [4.78, 5) is 12.3. The molecule has 0 fully saturated rings. The summed E-state index contributed by atoms with van der Waals surface area (Å²) < 4.78 is 0. The first-order valence-corrected chi connectivity index (χ1v) is 8.39. The van der Waals surface area contributed by atoms with Gasteiger partial charge in [-0.15, -0.1) is 0 Å². The summed E-state index contributed by atoms with van der Waals surface area (Å²) in [6.45, 7) is 4.37. The fourth-order valence-corrected chi connectivity index (χ4v) is 2.69. The van der Waals surface area contributed by atoms with Crippen LogP contribution in [0.25, 0.3) is 11.1 Å². The van der Waals surface area contributed by atoms with Crippen LogP contribution in [0.15, 0.2) is 72.8 Å². The van der Waals surface area contributed by atoms with Crippen molar-refractivity contribution in [2.45, 2.75) is 13.8 Å². The smallest absolute Gasteiger partial charge is 0.243 e. The average molecular weight is 330 g/mol. The second kappa shape index (κ2) is 7.67. The number of anilines is 2. The van der Waals surface area contributed by atoms with Crippen molar-refractivity contribution in [1.82, 2.24) is 0 Å². The summed E-state index contributed by atoms with van der Waals surface area (Å²) in [7, 11) is 0. The standard InChI is InChI=1S/C22H22N2O/c1-16-12-13-19(14-17(16)2)23-15-22(25)24-21-11-7-6-10-20(21)18-8-4-3-5-9-18/h3-14,23H,15H2,1-2H3,(H,24,25). The third-order valence-electron chi connectivity index (χ3n) is 4.25. The Kier molecular flexibility index (Phi) is 5.14. The van der Waals surface area contributed by atoms with Gasteiger partial charge >= 0.3 is 0 Å². The van der Waals surface area contributed by atoms with E-state index in [1.54, 1.807) is 0 Å². The molecular formula is C22H22N2O. The minimum atomic E-state index is -0.0680. The predicted molar refractivity (Wildman–Crippen MR) is 105 cm³/mol. The first-order chi connectivity index (χ1) is 12.1. The number of hydrogen-bond acceptors (Lipinski definition) is 2.